The van der Waals surface area contributed by atoms with Crippen LogP contribution < -0.4 is 0 Å². The van der Waals surface area contributed by atoms with Crippen LogP contribution in [0.25, 0.3) is 5.65 Å². The van der Waals surface area contributed by atoms with Gasteiger partial charge in [-0.15, -0.1) is 0 Å². The summed E-state index contributed by atoms with van der Waals surface area (Å²) in [5, 5.41) is 8.84. The molecule has 2 aliphatic rings. The molecule has 2 aliphatic heterocycles. The Morgan fingerprint density at radius 2 is 2.08 bits per heavy atom. The molecule has 1 amide bonds. The van der Waals surface area contributed by atoms with Gasteiger partial charge in [-0.05, 0) is 26.7 Å². The van der Waals surface area contributed by atoms with Crippen molar-refractivity contribution < 1.29 is 4.79 Å². The summed E-state index contributed by atoms with van der Waals surface area (Å²) in [6.07, 6.45) is 6.46. The van der Waals surface area contributed by atoms with Gasteiger partial charge in [0.15, 0.2) is 5.65 Å². The fourth-order valence-corrected chi connectivity index (χ4v) is 4.36. The molecule has 0 N–H and O–H groups in total. The molecule has 7 heteroatoms. The number of carbonyl (C=O) groups excluding carboxylic acids is 1. The van der Waals surface area contributed by atoms with Crippen molar-refractivity contribution in [3.8, 4) is 0 Å². The van der Waals surface area contributed by atoms with Crippen molar-refractivity contribution in [2.24, 2.45) is 7.05 Å². The van der Waals surface area contributed by atoms with Gasteiger partial charge in [0.05, 0.1) is 29.2 Å². The molecule has 2 bridgehead atoms. The van der Waals surface area contributed by atoms with Gasteiger partial charge in [0.2, 0.25) is 0 Å². The Kier molecular flexibility index (Phi) is 2.87. The molecule has 25 heavy (non-hydrogen) atoms. The maximum absolute atomic E-state index is 13.2. The zero-order valence-corrected chi connectivity index (χ0v) is 14.6. The van der Waals surface area contributed by atoms with Crippen LogP contribution in [0.3, 0.4) is 0 Å². The number of aryl methyl sites for hydroxylation is 2. The molecule has 1 saturated heterocycles. The van der Waals surface area contributed by atoms with Crippen molar-refractivity contribution in [1.29, 1.82) is 0 Å². The third kappa shape index (κ3) is 1.92. The number of fused-ring (bicyclic) bond motifs is 6. The number of nitrogens with zero attached hydrogens (tertiary/aromatic N) is 6. The van der Waals surface area contributed by atoms with Gasteiger partial charge >= 0.3 is 0 Å². The summed E-state index contributed by atoms with van der Waals surface area (Å²) in [4.78, 5) is 19.8. The van der Waals surface area contributed by atoms with E-state index >= 15 is 0 Å². The molecule has 2 atom stereocenters. The molecule has 1 fully saturated rings. The third-order valence-electron chi connectivity index (χ3n) is 5.73. The molecule has 5 heterocycles. The van der Waals surface area contributed by atoms with Gasteiger partial charge in [-0.25, -0.2) is 9.50 Å². The lowest BCUT2D eigenvalue weighted by atomic mass is 9.98. The Morgan fingerprint density at radius 3 is 2.84 bits per heavy atom. The van der Waals surface area contributed by atoms with Gasteiger partial charge in [0.25, 0.3) is 5.91 Å². The van der Waals surface area contributed by atoms with E-state index in [2.05, 4.69) is 20.1 Å². The van der Waals surface area contributed by atoms with Crippen molar-refractivity contribution in [1.82, 2.24) is 29.3 Å². The molecule has 5 rings (SSSR count). The molecule has 0 radical (unpaired) electrons. The minimum atomic E-state index is 0.0838. The van der Waals surface area contributed by atoms with E-state index in [-0.39, 0.29) is 18.0 Å². The molecule has 3 aromatic heterocycles. The van der Waals surface area contributed by atoms with Crippen molar-refractivity contribution in [2.45, 2.75) is 45.2 Å². The van der Waals surface area contributed by atoms with E-state index in [4.69, 9.17) is 0 Å². The van der Waals surface area contributed by atoms with Gasteiger partial charge in [0.1, 0.15) is 0 Å². The quantitative estimate of drug-likeness (QED) is 0.681. The highest BCUT2D eigenvalue weighted by Gasteiger charge is 2.44. The highest BCUT2D eigenvalue weighted by molar-refractivity contribution is 5.96. The van der Waals surface area contributed by atoms with E-state index in [9.17, 15) is 4.79 Å². The fraction of sp³-hybridized carbons (Fsp3) is 0.444. The first-order valence-electron chi connectivity index (χ1n) is 8.70. The summed E-state index contributed by atoms with van der Waals surface area (Å²) in [5.74, 6) is 0.0838. The molecule has 3 aromatic rings. The van der Waals surface area contributed by atoms with E-state index in [0.29, 0.717) is 5.56 Å². The van der Waals surface area contributed by atoms with Gasteiger partial charge in [-0.2, -0.15) is 10.2 Å². The lowest BCUT2D eigenvalue weighted by Gasteiger charge is -2.36. The van der Waals surface area contributed by atoms with Crippen LogP contribution in [0.1, 0.15) is 51.9 Å². The lowest BCUT2D eigenvalue weighted by molar-refractivity contribution is 0.0642. The van der Waals surface area contributed by atoms with Crippen LogP contribution in [0.15, 0.2) is 18.5 Å². The van der Waals surface area contributed by atoms with Crippen LogP contribution in [-0.4, -0.2) is 41.2 Å². The summed E-state index contributed by atoms with van der Waals surface area (Å²) in [5.41, 5.74) is 5.81. The Bertz CT molecular complexity index is 1020. The smallest absolute Gasteiger partial charge is 0.258 e. The molecule has 0 aromatic carbocycles. The molecule has 7 nitrogen and oxygen atoms in total. The Hall–Kier alpha value is -2.70. The maximum Gasteiger partial charge on any atom is 0.258 e. The summed E-state index contributed by atoms with van der Waals surface area (Å²) in [6.45, 7) is 3.93. The molecular weight excluding hydrogens is 316 g/mol. The van der Waals surface area contributed by atoms with E-state index in [1.54, 1.807) is 10.9 Å². The summed E-state index contributed by atoms with van der Waals surface area (Å²) < 4.78 is 3.72. The number of carbonyl (C=O) groups is 1. The molecule has 0 aliphatic carbocycles. The van der Waals surface area contributed by atoms with Crippen LogP contribution in [0, 0.1) is 13.8 Å². The molecule has 128 valence electrons. The first-order chi connectivity index (χ1) is 12.0. The van der Waals surface area contributed by atoms with Crippen LogP contribution in [0.4, 0.5) is 0 Å². The molecule has 0 spiro atoms. The molecule has 0 unspecified atom stereocenters. The number of amides is 1. The SMILES string of the molecule is Cc1cc2ncc3c(n2n1)C[C@H]1CC[C@@H]3N1C(=O)c1cnn(C)c1C. The Balaban J connectivity index is 1.61. The van der Waals surface area contributed by atoms with E-state index in [1.807, 2.05) is 37.7 Å². The number of rotatable bonds is 1. The van der Waals surface area contributed by atoms with Crippen molar-refractivity contribution in [3.05, 3.63) is 46.7 Å². The zero-order chi connectivity index (χ0) is 17.3. The first kappa shape index (κ1) is 14.6. The second kappa shape index (κ2) is 4.91. The van der Waals surface area contributed by atoms with Crippen LogP contribution in [-0.2, 0) is 13.5 Å². The highest BCUT2D eigenvalue weighted by atomic mass is 16.2. The summed E-state index contributed by atoms with van der Waals surface area (Å²) in [7, 11) is 1.87. The third-order valence-corrected chi connectivity index (χ3v) is 5.73. The second-order valence-electron chi connectivity index (χ2n) is 7.15. The van der Waals surface area contributed by atoms with Crippen LogP contribution in [0.2, 0.25) is 0 Å². The lowest BCUT2D eigenvalue weighted by Crippen LogP contribution is -2.42. The zero-order valence-electron chi connectivity index (χ0n) is 14.6. The van der Waals surface area contributed by atoms with E-state index in [1.165, 1.54) is 5.69 Å². The average Bonchev–Trinajstić information content (AvgIpc) is 3.23. The number of aromatic nitrogens is 5. The number of hydrogen-bond donors (Lipinski definition) is 0. The number of hydrogen-bond acceptors (Lipinski definition) is 4. The van der Waals surface area contributed by atoms with Gasteiger partial charge in [-0.1, -0.05) is 0 Å². The molecular formula is C18H20N6O. The second-order valence-corrected chi connectivity index (χ2v) is 7.15. The Morgan fingerprint density at radius 1 is 1.24 bits per heavy atom. The summed E-state index contributed by atoms with van der Waals surface area (Å²) in [6, 6.07) is 2.31. The van der Waals surface area contributed by atoms with Gasteiger partial charge in [0, 0.05) is 43.0 Å². The predicted molar refractivity (Wildman–Crippen MR) is 91.3 cm³/mol. The van der Waals surface area contributed by atoms with Crippen molar-refractivity contribution >= 4 is 11.6 Å². The molecule has 0 saturated carbocycles. The Labute approximate surface area is 145 Å². The van der Waals surface area contributed by atoms with Gasteiger partial charge in [-0.3, -0.25) is 9.48 Å². The van der Waals surface area contributed by atoms with Crippen molar-refractivity contribution in [2.75, 3.05) is 0 Å². The fourth-order valence-electron chi connectivity index (χ4n) is 4.36. The minimum Gasteiger partial charge on any atom is -0.328 e. The largest absolute Gasteiger partial charge is 0.328 e. The minimum absolute atomic E-state index is 0.0838. The topological polar surface area (TPSA) is 68.3 Å². The van der Waals surface area contributed by atoms with E-state index in [0.717, 1.165) is 41.9 Å². The standard InChI is InChI=1S/C18H20N6O/c1-10-6-17-19-8-14-15-5-4-12(7-16(14)24(17)21-10)23(15)18(25)13-9-20-22(3)11(13)2/h6,8-9,12,15H,4-5,7H2,1-3H3/t12-,15+/m1/s1. The van der Waals surface area contributed by atoms with E-state index < -0.39 is 0 Å². The van der Waals surface area contributed by atoms with Crippen LogP contribution >= 0.6 is 0 Å². The normalized spacial score (nSPS) is 21.8. The first-order valence-corrected chi connectivity index (χ1v) is 8.70. The van der Waals surface area contributed by atoms with Crippen LogP contribution in [0.5, 0.6) is 0 Å². The monoisotopic (exact) mass is 336 g/mol. The summed E-state index contributed by atoms with van der Waals surface area (Å²) >= 11 is 0. The van der Waals surface area contributed by atoms with Crippen molar-refractivity contribution in [3.63, 3.8) is 0 Å². The maximum atomic E-state index is 13.2. The average molecular weight is 336 g/mol. The predicted octanol–water partition coefficient (Wildman–Crippen LogP) is 1.98. The highest BCUT2D eigenvalue weighted by Crippen LogP contribution is 2.44. The van der Waals surface area contributed by atoms with Gasteiger partial charge < -0.3 is 4.90 Å².